The second-order valence-electron chi connectivity index (χ2n) is 10.7. The fourth-order valence-electron chi connectivity index (χ4n) is 7.85. The monoisotopic (exact) mass is 404 g/mol. The summed E-state index contributed by atoms with van der Waals surface area (Å²) in [5, 5.41) is 21.9. The Hall–Kier alpha value is -1.20. The van der Waals surface area contributed by atoms with E-state index in [2.05, 4.69) is 19.9 Å². The third-order valence-corrected chi connectivity index (χ3v) is 9.49. The number of ketones is 1. The van der Waals surface area contributed by atoms with Crippen molar-refractivity contribution < 1.29 is 24.5 Å². The molecule has 0 bridgehead atoms. The summed E-state index contributed by atoms with van der Waals surface area (Å²) in [4.78, 5) is 24.3. The van der Waals surface area contributed by atoms with E-state index < -0.39 is 17.0 Å². The molecular formula is C24H36O5. The lowest BCUT2D eigenvalue weighted by atomic mass is 9.46. The number of aliphatic hydroxyl groups excluding tert-OH is 1. The molecule has 0 aliphatic heterocycles. The van der Waals surface area contributed by atoms with Crippen LogP contribution >= 0.6 is 0 Å². The standard InChI is InChI=1S/C24H36O5/c1-14-11-20-18-6-5-16-12-17(26)7-9-22(16,3)19(18)8-10-23(20,4)24(14,28)21(27)13-29-15(2)25/h5,14,17-20,26,28H,6-13H2,1-4H3/t14-,17+,18-,19-,20+,22+,23+,24+/m0/s1. The molecule has 5 nitrogen and oxygen atoms in total. The zero-order valence-corrected chi connectivity index (χ0v) is 18.2. The molecule has 0 aromatic heterocycles. The molecule has 3 fully saturated rings. The number of hydrogen-bond acceptors (Lipinski definition) is 5. The number of rotatable bonds is 3. The molecule has 0 saturated heterocycles. The van der Waals surface area contributed by atoms with Crippen LogP contribution < -0.4 is 0 Å². The number of Topliss-reactive ketones (excluding diaryl/α,β-unsaturated/α-hetero) is 1. The van der Waals surface area contributed by atoms with Gasteiger partial charge in [-0.2, -0.15) is 0 Å². The minimum atomic E-state index is -1.44. The summed E-state index contributed by atoms with van der Waals surface area (Å²) < 4.78 is 4.98. The van der Waals surface area contributed by atoms with Crippen LogP contribution in [0.1, 0.15) is 72.6 Å². The maximum Gasteiger partial charge on any atom is 0.303 e. The van der Waals surface area contributed by atoms with Gasteiger partial charge in [0.05, 0.1) is 6.10 Å². The number of ether oxygens (including phenoxy) is 1. The minimum Gasteiger partial charge on any atom is -0.458 e. The van der Waals surface area contributed by atoms with Crippen molar-refractivity contribution in [1.29, 1.82) is 0 Å². The first-order valence-corrected chi connectivity index (χ1v) is 11.3. The van der Waals surface area contributed by atoms with Gasteiger partial charge in [0.15, 0.2) is 6.61 Å². The fourth-order valence-corrected chi connectivity index (χ4v) is 7.85. The van der Waals surface area contributed by atoms with E-state index in [9.17, 15) is 19.8 Å². The molecule has 0 heterocycles. The molecule has 0 unspecified atom stereocenters. The maximum absolute atomic E-state index is 13.1. The summed E-state index contributed by atoms with van der Waals surface area (Å²) in [5.41, 5.74) is -0.366. The highest BCUT2D eigenvalue weighted by molar-refractivity contribution is 5.91. The van der Waals surface area contributed by atoms with Gasteiger partial charge in [0.1, 0.15) is 5.60 Å². The summed E-state index contributed by atoms with van der Waals surface area (Å²) >= 11 is 0. The predicted octanol–water partition coefficient (Wildman–Crippen LogP) is 3.42. The molecule has 0 radical (unpaired) electrons. The first kappa shape index (κ1) is 21.0. The Kier molecular flexibility index (Phi) is 5.02. The maximum atomic E-state index is 13.1. The summed E-state index contributed by atoms with van der Waals surface area (Å²) in [7, 11) is 0. The Bertz CT molecular complexity index is 744. The molecule has 3 saturated carbocycles. The van der Waals surface area contributed by atoms with Crippen molar-refractivity contribution in [3.05, 3.63) is 11.6 Å². The lowest BCUT2D eigenvalue weighted by molar-refractivity contribution is -0.173. The molecule has 4 aliphatic rings. The number of carbonyl (C=O) groups excluding carboxylic acids is 2. The van der Waals surface area contributed by atoms with Crippen molar-refractivity contribution in [3.63, 3.8) is 0 Å². The highest BCUT2D eigenvalue weighted by Gasteiger charge is 2.68. The lowest BCUT2D eigenvalue weighted by Crippen LogP contribution is -2.59. The van der Waals surface area contributed by atoms with Gasteiger partial charge in [-0.05, 0) is 74.0 Å². The molecule has 0 aromatic rings. The normalized spacial score (nSPS) is 48.8. The Morgan fingerprint density at radius 3 is 2.62 bits per heavy atom. The Balaban J connectivity index is 1.64. The molecule has 29 heavy (non-hydrogen) atoms. The summed E-state index contributed by atoms with van der Waals surface area (Å²) in [6.45, 7) is 7.40. The van der Waals surface area contributed by atoms with Crippen molar-refractivity contribution in [2.45, 2.75) is 84.3 Å². The van der Waals surface area contributed by atoms with Crippen LogP contribution in [0.4, 0.5) is 0 Å². The molecule has 5 heteroatoms. The molecule has 0 aromatic carbocycles. The number of aliphatic hydroxyl groups is 2. The van der Waals surface area contributed by atoms with Gasteiger partial charge in [0.25, 0.3) is 0 Å². The first-order valence-electron chi connectivity index (χ1n) is 11.3. The average molecular weight is 405 g/mol. The van der Waals surface area contributed by atoms with Gasteiger partial charge in [0, 0.05) is 12.3 Å². The van der Waals surface area contributed by atoms with E-state index in [4.69, 9.17) is 4.74 Å². The fraction of sp³-hybridized carbons (Fsp3) is 0.833. The van der Waals surface area contributed by atoms with E-state index in [0.717, 1.165) is 44.9 Å². The van der Waals surface area contributed by atoms with E-state index in [1.807, 2.05) is 6.92 Å². The van der Waals surface area contributed by atoms with Crippen LogP contribution in [0.3, 0.4) is 0 Å². The van der Waals surface area contributed by atoms with Crippen LogP contribution in [0.15, 0.2) is 11.6 Å². The summed E-state index contributed by atoms with van der Waals surface area (Å²) in [6, 6.07) is 0. The van der Waals surface area contributed by atoms with Gasteiger partial charge in [-0.25, -0.2) is 0 Å². The molecular weight excluding hydrogens is 368 g/mol. The SMILES string of the molecule is CC(=O)OCC(=O)[C@]1(O)[C@@H](C)C[C@@H]2[C@H]3CC=C4C[C@H](O)CC[C@@]4(C)[C@H]3CC[C@]21C. The van der Waals surface area contributed by atoms with Crippen LogP contribution in [0.2, 0.25) is 0 Å². The number of hydrogen-bond donors (Lipinski definition) is 2. The highest BCUT2D eigenvalue weighted by atomic mass is 16.5. The quantitative estimate of drug-likeness (QED) is 0.556. The molecule has 162 valence electrons. The number of fused-ring (bicyclic) bond motifs is 5. The third kappa shape index (κ3) is 2.87. The molecule has 8 atom stereocenters. The topological polar surface area (TPSA) is 83.8 Å². The zero-order valence-electron chi connectivity index (χ0n) is 18.2. The van der Waals surface area contributed by atoms with Crippen LogP contribution in [0.25, 0.3) is 0 Å². The van der Waals surface area contributed by atoms with E-state index >= 15 is 0 Å². The second kappa shape index (κ2) is 6.91. The second-order valence-corrected chi connectivity index (χ2v) is 10.7. The van der Waals surface area contributed by atoms with E-state index in [0.29, 0.717) is 11.8 Å². The van der Waals surface area contributed by atoms with Gasteiger partial charge >= 0.3 is 5.97 Å². The van der Waals surface area contributed by atoms with E-state index in [1.165, 1.54) is 12.5 Å². The summed E-state index contributed by atoms with van der Waals surface area (Å²) in [5.74, 6) is 0.301. The van der Waals surface area contributed by atoms with Crippen molar-refractivity contribution in [3.8, 4) is 0 Å². The third-order valence-electron chi connectivity index (χ3n) is 9.49. The zero-order chi connectivity index (χ0) is 21.2. The number of carbonyl (C=O) groups is 2. The molecule has 4 rings (SSSR count). The van der Waals surface area contributed by atoms with Crippen molar-refractivity contribution in [2.24, 2.45) is 34.5 Å². The molecule has 4 aliphatic carbocycles. The van der Waals surface area contributed by atoms with Crippen LogP contribution in [0, 0.1) is 34.5 Å². The minimum absolute atomic E-state index is 0.134. The van der Waals surface area contributed by atoms with Crippen molar-refractivity contribution in [2.75, 3.05) is 6.61 Å². The molecule has 0 amide bonds. The summed E-state index contributed by atoms with van der Waals surface area (Å²) in [6.07, 6.45) is 8.45. The Morgan fingerprint density at radius 2 is 1.93 bits per heavy atom. The number of esters is 1. The smallest absolute Gasteiger partial charge is 0.303 e. The predicted molar refractivity (Wildman–Crippen MR) is 109 cm³/mol. The molecule has 0 spiro atoms. The Morgan fingerprint density at radius 1 is 1.21 bits per heavy atom. The highest BCUT2D eigenvalue weighted by Crippen LogP contribution is 2.68. The van der Waals surface area contributed by atoms with Gasteiger partial charge in [-0.1, -0.05) is 32.4 Å². The van der Waals surface area contributed by atoms with Gasteiger partial charge in [-0.15, -0.1) is 0 Å². The Labute approximate surface area is 173 Å². The van der Waals surface area contributed by atoms with Gasteiger partial charge in [-0.3, -0.25) is 9.59 Å². The van der Waals surface area contributed by atoms with E-state index in [-0.39, 0.29) is 35.7 Å². The number of allylic oxidation sites excluding steroid dienone is 1. The molecule has 2 N–H and O–H groups in total. The lowest BCUT2D eigenvalue weighted by Gasteiger charge is -2.58. The van der Waals surface area contributed by atoms with E-state index in [1.54, 1.807) is 0 Å². The van der Waals surface area contributed by atoms with Crippen LogP contribution in [-0.2, 0) is 14.3 Å². The van der Waals surface area contributed by atoms with Crippen LogP contribution in [0.5, 0.6) is 0 Å². The first-order chi connectivity index (χ1) is 13.5. The average Bonchev–Trinajstić information content (AvgIpc) is 2.88. The van der Waals surface area contributed by atoms with Crippen molar-refractivity contribution >= 4 is 11.8 Å². The van der Waals surface area contributed by atoms with Crippen LogP contribution in [-0.4, -0.2) is 40.3 Å². The van der Waals surface area contributed by atoms with Crippen molar-refractivity contribution in [1.82, 2.24) is 0 Å². The van der Waals surface area contributed by atoms with Gasteiger partial charge in [0.2, 0.25) is 5.78 Å². The van der Waals surface area contributed by atoms with Gasteiger partial charge < -0.3 is 14.9 Å². The largest absolute Gasteiger partial charge is 0.458 e.